The van der Waals surface area contributed by atoms with E-state index in [2.05, 4.69) is 31.3 Å². The van der Waals surface area contributed by atoms with Gasteiger partial charge in [0.15, 0.2) is 0 Å². The van der Waals surface area contributed by atoms with Crippen molar-refractivity contribution in [2.45, 2.75) is 224 Å². The number of rotatable bonds is 36. The van der Waals surface area contributed by atoms with Gasteiger partial charge in [-0.25, -0.2) is 0 Å². The van der Waals surface area contributed by atoms with Crippen molar-refractivity contribution >= 4 is 5.91 Å². The fourth-order valence-corrected chi connectivity index (χ4v) is 6.14. The molecule has 284 valence electrons. The van der Waals surface area contributed by atoms with Gasteiger partial charge in [-0.05, 0) is 38.5 Å². The highest BCUT2D eigenvalue weighted by molar-refractivity contribution is 5.80. The van der Waals surface area contributed by atoms with Crippen molar-refractivity contribution in [3.63, 3.8) is 0 Å². The maximum absolute atomic E-state index is 12.5. The minimum atomic E-state index is -1.57. The molecule has 6 N–H and O–H groups in total. The van der Waals surface area contributed by atoms with Gasteiger partial charge in [-0.15, -0.1) is 0 Å². The summed E-state index contributed by atoms with van der Waals surface area (Å²) >= 11 is 0. The summed E-state index contributed by atoms with van der Waals surface area (Å²) in [6.45, 7) is 3.84. The normalized spacial score (nSPS) is 15.2. The Kier molecular flexibility index (Phi) is 34.6. The summed E-state index contributed by atoms with van der Waals surface area (Å²) in [6.07, 6.45) is 35.3. The fraction of sp³-hybridized carbons (Fsp3) is 0.878. The maximum atomic E-state index is 12.5. The van der Waals surface area contributed by atoms with E-state index in [1.807, 2.05) is 6.08 Å². The molecule has 48 heavy (non-hydrogen) atoms. The summed E-state index contributed by atoms with van der Waals surface area (Å²) in [4.78, 5) is 12.5. The van der Waals surface area contributed by atoms with Crippen LogP contribution in [0.4, 0.5) is 0 Å². The molecule has 0 saturated heterocycles. The van der Waals surface area contributed by atoms with Crippen LogP contribution in [0.15, 0.2) is 24.3 Å². The second kappa shape index (κ2) is 35.6. The first-order chi connectivity index (χ1) is 23.4. The molecule has 0 aliphatic rings. The molecule has 0 aliphatic heterocycles. The van der Waals surface area contributed by atoms with Crippen LogP contribution >= 0.6 is 0 Å². The number of carbonyl (C=O) groups excluding carboxylic acids is 1. The van der Waals surface area contributed by atoms with E-state index in [0.29, 0.717) is 6.42 Å². The molecule has 0 saturated carbocycles. The minimum absolute atomic E-state index is 0.145. The Balaban J connectivity index is 3.86. The van der Waals surface area contributed by atoms with E-state index in [-0.39, 0.29) is 6.42 Å². The zero-order valence-corrected chi connectivity index (χ0v) is 31.3. The largest absolute Gasteiger partial charge is 0.394 e. The molecule has 0 bridgehead atoms. The SMILES string of the molecule is CCCCCC=CCCC=CCC(O)C(O)C(O)C(CO)NC(=O)C(O)CCCCCCCCCCCCCCCCCCCCCC. The van der Waals surface area contributed by atoms with E-state index in [9.17, 15) is 30.3 Å². The second-order valence-corrected chi connectivity index (χ2v) is 14.1. The molecule has 5 atom stereocenters. The van der Waals surface area contributed by atoms with E-state index in [1.54, 1.807) is 6.08 Å². The Hall–Kier alpha value is -1.25. The lowest BCUT2D eigenvalue weighted by Crippen LogP contribution is -2.55. The first kappa shape index (κ1) is 46.8. The van der Waals surface area contributed by atoms with Gasteiger partial charge < -0.3 is 30.8 Å². The molecule has 0 aromatic rings. The summed E-state index contributed by atoms with van der Waals surface area (Å²) in [5.41, 5.74) is 0. The average Bonchev–Trinajstić information content (AvgIpc) is 3.09. The molecule has 0 heterocycles. The predicted molar refractivity (Wildman–Crippen MR) is 202 cm³/mol. The van der Waals surface area contributed by atoms with Crippen LogP contribution < -0.4 is 5.32 Å². The number of nitrogens with one attached hydrogen (secondary N) is 1. The molecule has 0 radical (unpaired) electrons. The molecule has 0 aromatic carbocycles. The molecule has 1 amide bonds. The first-order valence-electron chi connectivity index (χ1n) is 20.3. The third-order valence-electron chi connectivity index (χ3n) is 9.50. The Labute approximate surface area is 296 Å². The Morgan fingerprint density at radius 3 is 1.38 bits per heavy atom. The van der Waals surface area contributed by atoms with E-state index in [1.165, 1.54) is 128 Å². The van der Waals surface area contributed by atoms with Crippen molar-refractivity contribution in [2.75, 3.05) is 6.61 Å². The van der Waals surface area contributed by atoms with Crippen LogP contribution in [0, 0.1) is 0 Å². The number of aliphatic hydroxyl groups is 5. The van der Waals surface area contributed by atoms with Gasteiger partial charge in [0, 0.05) is 0 Å². The zero-order valence-electron chi connectivity index (χ0n) is 31.3. The molecular formula is C41H79NO6. The summed E-state index contributed by atoms with van der Waals surface area (Å²) in [6, 6.07) is -1.19. The molecule has 0 spiro atoms. The lowest BCUT2D eigenvalue weighted by atomic mass is 9.98. The minimum Gasteiger partial charge on any atom is -0.394 e. The molecule has 0 rings (SSSR count). The van der Waals surface area contributed by atoms with Crippen molar-refractivity contribution in [1.29, 1.82) is 0 Å². The molecule has 7 nitrogen and oxygen atoms in total. The number of unbranched alkanes of at least 4 members (excludes halogenated alkanes) is 23. The number of hydrogen-bond acceptors (Lipinski definition) is 6. The predicted octanol–water partition coefficient (Wildman–Crippen LogP) is 8.98. The lowest BCUT2D eigenvalue weighted by Gasteiger charge is -2.29. The molecule has 5 unspecified atom stereocenters. The maximum Gasteiger partial charge on any atom is 0.249 e. The topological polar surface area (TPSA) is 130 Å². The number of aliphatic hydroxyl groups excluding tert-OH is 5. The number of carbonyl (C=O) groups is 1. The van der Waals surface area contributed by atoms with Crippen LogP contribution in [0.25, 0.3) is 0 Å². The fourth-order valence-electron chi connectivity index (χ4n) is 6.14. The quantitative estimate of drug-likeness (QED) is 0.0289. The van der Waals surface area contributed by atoms with Gasteiger partial charge in [0.1, 0.15) is 18.3 Å². The Bertz CT molecular complexity index is 744. The molecule has 0 aromatic heterocycles. The number of allylic oxidation sites excluding steroid dienone is 3. The van der Waals surface area contributed by atoms with Crippen LogP contribution in [0.2, 0.25) is 0 Å². The highest BCUT2D eigenvalue weighted by Crippen LogP contribution is 2.16. The van der Waals surface area contributed by atoms with Crippen molar-refractivity contribution < 1.29 is 30.3 Å². The highest BCUT2D eigenvalue weighted by atomic mass is 16.4. The smallest absolute Gasteiger partial charge is 0.249 e. The summed E-state index contributed by atoms with van der Waals surface area (Å²) in [5.74, 6) is -0.685. The molecule has 7 heteroatoms. The molecule has 0 aliphatic carbocycles. The molecule has 0 fully saturated rings. The summed E-state index contributed by atoms with van der Waals surface area (Å²) in [5, 5.41) is 53.6. The van der Waals surface area contributed by atoms with Crippen molar-refractivity contribution in [3.8, 4) is 0 Å². The first-order valence-corrected chi connectivity index (χ1v) is 20.3. The van der Waals surface area contributed by atoms with Crippen LogP contribution in [0.1, 0.15) is 194 Å². The van der Waals surface area contributed by atoms with E-state index in [4.69, 9.17) is 0 Å². The third-order valence-corrected chi connectivity index (χ3v) is 9.50. The van der Waals surface area contributed by atoms with Crippen molar-refractivity contribution in [3.05, 3.63) is 24.3 Å². The van der Waals surface area contributed by atoms with Gasteiger partial charge in [0.25, 0.3) is 0 Å². The summed E-state index contributed by atoms with van der Waals surface area (Å²) in [7, 11) is 0. The highest BCUT2D eigenvalue weighted by Gasteiger charge is 2.32. The monoisotopic (exact) mass is 682 g/mol. The summed E-state index contributed by atoms with van der Waals surface area (Å²) < 4.78 is 0. The standard InChI is InChI=1S/C41H79NO6/c1-3-5-7-9-11-13-15-16-17-18-19-20-21-22-23-24-26-28-30-32-34-38(45)41(48)42-36(35-43)39(46)40(47)37(44)33-31-29-27-25-14-12-10-8-6-4-2/h12,14,29,31,36-40,43-47H,3-11,13,15-28,30,32-35H2,1-2H3,(H,42,48). The average molecular weight is 682 g/mol. The Morgan fingerprint density at radius 2 is 0.917 bits per heavy atom. The Morgan fingerprint density at radius 1 is 0.521 bits per heavy atom. The van der Waals surface area contributed by atoms with E-state index < -0.39 is 43.0 Å². The van der Waals surface area contributed by atoms with Crippen LogP contribution in [-0.2, 0) is 4.79 Å². The van der Waals surface area contributed by atoms with Gasteiger partial charge in [-0.3, -0.25) is 4.79 Å². The van der Waals surface area contributed by atoms with Crippen molar-refractivity contribution in [2.24, 2.45) is 0 Å². The van der Waals surface area contributed by atoms with Crippen LogP contribution in [0.5, 0.6) is 0 Å². The van der Waals surface area contributed by atoms with Gasteiger partial charge in [-0.2, -0.15) is 0 Å². The van der Waals surface area contributed by atoms with Gasteiger partial charge in [0.05, 0.1) is 18.8 Å². The zero-order chi connectivity index (χ0) is 35.5. The van der Waals surface area contributed by atoms with E-state index >= 15 is 0 Å². The third kappa shape index (κ3) is 28.6. The van der Waals surface area contributed by atoms with Gasteiger partial charge in [-0.1, -0.05) is 179 Å². The number of hydrogen-bond donors (Lipinski definition) is 6. The second-order valence-electron chi connectivity index (χ2n) is 14.1. The number of amides is 1. The van der Waals surface area contributed by atoms with Crippen LogP contribution in [0.3, 0.4) is 0 Å². The lowest BCUT2D eigenvalue weighted by molar-refractivity contribution is -0.134. The van der Waals surface area contributed by atoms with Gasteiger partial charge >= 0.3 is 0 Å². The van der Waals surface area contributed by atoms with E-state index in [0.717, 1.165) is 38.5 Å². The van der Waals surface area contributed by atoms with Crippen molar-refractivity contribution in [1.82, 2.24) is 5.32 Å². The van der Waals surface area contributed by atoms with Crippen LogP contribution in [-0.4, -0.2) is 68.5 Å². The molecular weight excluding hydrogens is 602 g/mol. The van der Waals surface area contributed by atoms with Gasteiger partial charge in [0.2, 0.25) is 5.91 Å².